The highest BCUT2D eigenvalue weighted by Crippen LogP contribution is 2.37. The van der Waals surface area contributed by atoms with Gasteiger partial charge in [0.05, 0.1) is 60.5 Å². The van der Waals surface area contributed by atoms with E-state index in [1.54, 1.807) is 29.1 Å². The molecule has 4 atom stereocenters. The summed E-state index contributed by atoms with van der Waals surface area (Å²) in [6, 6.07) is 6.05. The number of ether oxygens (including phenoxy) is 2. The van der Waals surface area contributed by atoms with Crippen molar-refractivity contribution < 1.29 is 42.2 Å². The summed E-state index contributed by atoms with van der Waals surface area (Å²) in [6.45, 7) is 6.72. The third-order valence-corrected chi connectivity index (χ3v) is 14.0. The summed E-state index contributed by atoms with van der Waals surface area (Å²) in [5.41, 5.74) is 1.05. The number of anilines is 3. The molecule has 5 aliphatic heterocycles. The number of fused-ring (bicyclic) bond motifs is 4. The molecule has 2 bridgehead atoms. The van der Waals surface area contributed by atoms with Crippen molar-refractivity contribution >= 4 is 52.4 Å². The Labute approximate surface area is 379 Å². The number of morpholine rings is 2. The Balaban J connectivity index is 0.672. The molecular formula is C45H54F2N12O7. The van der Waals surface area contributed by atoms with Crippen LogP contribution in [0.25, 0.3) is 5.65 Å². The van der Waals surface area contributed by atoms with Crippen LogP contribution in [0.4, 0.5) is 26.0 Å². The van der Waals surface area contributed by atoms with Crippen molar-refractivity contribution in [3.05, 3.63) is 65.2 Å². The van der Waals surface area contributed by atoms with Gasteiger partial charge in [0.2, 0.25) is 11.8 Å². The number of alkyl halides is 2. The smallest absolute Gasteiger partial charge is 0.284 e. The van der Waals surface area contributed by atoms with Gasteiger partial charge in [-0.25, -0.2) is 18.3 Å². The van der Waals surface area contributed by atoms with E-state index in [4.69, 9.17) is 14.5 Å². The lowest BCUT2D eigenvalue weighted by Crippen LogP contribution is -2.54. The van der Waals surface area contributed by atoms with Gasteiger partial charge in [0, 0.05) is 70.3 Å². The van der Waals surface area contributed by atoms with E-state index in [9.17, 15) is 32.8 Å². The number of benzene rings is 1. The highest BCUT2D eigenvalue weighted by Gasteiger charge is 2.46. The Bertz CT molecular complexity index is 2530. The van der Waals surface area contributed by atoms with Crippen LogP contribution >= 0.6 is 0 Å². The molecule has 0 radical (unpaired) electrons. The number of nitrogens with one attached hydrogen (secondary N) is 3. The molecule has 350 valence electrons. The number of imide groups is 2. The van der Waals surface area contributed by atoms with Gasteiger partial charge in [-0.05, 0) is 76.1 Å². The standard InChI is InChI=1S/C45H54F2N12O7/c1-54(15-16-55-17-18-65-29(22-55)11-13-48-33-4-2-3-31-38(33)45(64)59(44(31)63)35-9-10-37(60)52-43(35)62)21-26-5-7-27(8-6-26)58-24-34(39(53-58)40(46)47)50-42(61)32-20-49-57-14-12-36(51-41(32)57)56-23-30-19-28(56)25-66-30/h2-4,12,14,20,24,26-30,35,40,48H,5-11,13,15-19,21-23,25H2,1H3,(H,50,61)(H,52,60,62)/t26?,27?,28-,29+,30-,35?/m1/s1. The zero-order valence-electron chi connectivity index (χ0n) is 36.7. The number of piperidine rings is 1. The highest BCUT2D eigenvalue weighted by atomic mass is 19.3. The highest BCUT2D eigenvalue weighted by molar-refractivity contribution is 6.25. The minimum Gasteiger partial charge on any atom is -0.384 e. The van der Waals surface area contributed by atoms with Gasteiger partial charge in [0.1, 0.15) is 17.4 Å². The van der Waals surface area contributed by atoms with Crippen LogP contribution in [0.5, 0.6) is 0 Å². The zero-order valence-corrected chi connectivity index (χ0v) is 36.7. The third-order valence-electron chi connectivity index (χ3n) is 14.0. The molecular weight excluding hydrogens is 859 g/mol. The lowest BCUT2D eigenvalue weighted by atomic mass is 9.86. The summed E-state index contributed by atoms with van der Waals surface area (Å²) >= 11 is 0. The first-order valence-corrected chi connectivity index (χ1v) is 23.0. The lowest BCUT2D eigenvalue weighted by Gasteiger charge is -2.35. The van der Waals surface area contributed by atoms with Gasteiger partial charge in [-0.15, -0.1) is 0 Å². The number of carbonyl (C=O) groups excluding carboxylic acids is 5. The first-order valence-electron chi connectivity index (χ1n) is 23.0. The maximum atomic E-state index is 14.3. The fourth-order valence-corrected chi connectivity index (χ4v) is 10.5. The summed E-state index contributed by atoms with van der Waals surface area (Å²) in [7, 11) is 2.13. The number of likely N-dealkylation sites (N-methyl/N-ethyl adjacent to an activating group) is 1. The minimum absolute atomic E-state index is 0.0170. The molecule has 19 nitrogen and oxygen atoms in total. The Kier molecular flexibility index (Phi) is 12.3. The quantitative estimate of drug-likeness (QED) is 0.147. The van der Waals surface area contributed by atoms with Gasteiger partial charge in [-0.2, -0.15) is 10.2 Å². The molecule has 1 aliphatic carbocycles. The first-order chi connectivity index (χ1) is 32.0. The van der Waals surface area contributed by atoms with Gasteiger partial charge in [-0.3, -0.25) is 43.8 Å². The summed E-state index contributed by atoms with van der Waals surface area (Å²) in [4.78, 5) is 77.1. The van der Waals surface area contributed by atoms with E-state index < -0.39 is 47.7 Å². The topological polar surface area (TPSA) is 201 Å². The monoisotopic (exact) mass is 912 g/mol. The average molecular weight is 913 g/mol. The molecule has 3 aromatic heterocycles. The van der Waals surface area contributed by atoms with Crippen molar-refractivity contribution in [2.24, 2.45) is 5.92 Å². The van der Waals surface area contributed by atoms with E-state index in [2.05, 4.69) is 47.9 Å². The number of hydrogen-bond donors (Lipinski definition) is 3. The van der Waals surface area contributed by atoms with Crippen LogP contribution in [0, 0.1) is 5.92 Å². The van der Waals surface area contributed by atoms with Gasteiger partial charge >= 0.3 is 0 Å². The Morgan fingerprint density at radius 2 is 1.86 bits per heavy atom. The molecule has 4 saturated heterocycles. The fraction of sp³-hybridized carbons (Fsp3) is 0.556. The van der Waals surface area contributed by atoms with Crippen molar-refractivity contribution in [2.75, 3.05) is 81.6 Å². The first kappa shape index (κ1) is 44.0. The molecule has 0 spiro atoms. The van der Waals surface area contributed by atoms with Crippen molar-refractivity contribution in [3.8, 4) is 0 Å². The van der Waals surface area contributed by atoms with E-state index in [1.807, 2.05) is 6.07 Å². The van der Waals surface area contributed by atoms with Crippen molar-refractivity contribution in [3.63, 3.8) is 0 Å². The Morgan fingerprint density at radius 3 is 2.64 bits per heavy atom. The molecule has 6 aliphatic rings. The molecule has 3 N–H and O–H groups in total. The second-order valence-electron chi connectivity index (χ2n) is 18.4. The molecule has 10 rings (SSSR count). The fourth-order valence-electron chi connectivity index (χ4n) is 10.5. The maximum Gasteiger partial charge on any atom is 0.284 e. The summed E-state index contributed by atoms with van der Waals surface area (Å²) < 4.78 is 43.6. The molecule has 5 fully saturated rings. The van der Waals surface area contributed by atoms with Crippen LogP contribution < -0.4 is 20.9 Å². The third kappa shape index (κ3) is 8.75. The normalized spacial score (nSPS) is 25.7. The van der Waals surface area contributed by atoms with Crippen LogP contribution in [-0.2, 0) is 19.1 Å². The number of nitrogens with zero attached hydrogens (tertiary/aromatic N) is 9. The summed E-state index contributed by atoms with van der Waals surface area (Å²) in [6.07, 6.45) is 7.16. The molecule has 5 amide bonds. The molecule has 1 aromatic carbocycles. The van der Waals surface area contributed by atoms with E-state index in [0.717, 1.165) is 82.1 Å². The number of amides is 5. The maximum absolute atomic E-state index is 14.3. The van der Waals surface area contributed by atoms with E-state index in [1.165, 1.54) is 16.9 Å². The number of aromatic nitrogens is 5. The summed E-state index contributed by atoms with van der Waals surface area (Å²) in [5, 5.41) is 16.8. The zero-order chi connectivity index (χ0) is 45.6. The van der Waals surface area contributed by atoms with Crippen LogP contribution in [0.2, 0.25) is 0 Å². The van der Waals surface area contributed by atoms with E-state index in [0.29, 0.717) is 43.4 Å². The predicted molar refractivity (Wildman–Crippen MR) is 235 cm³/mol. The molecule has 66 heavy (non-hydrogen) atoms. The molecule has 8 heterocycles. The van der Waals surface area contributed by atoms with Gasteiger partial charge in [-0.1, -0.05) is 6.07 Å². The number of hydrogen-bond acceptors (Lipinski definition) is 14. The van der Waals surface area contributed by atoms with Crippen molar-refractivity contribution in [1.82, 2.24) is 44.4 Å². The number of rotatable bonds is 15. The number of carbonyl (C=O) groups is 5. The van der Waals surface area contributed by atoms with E-state index >= 15 is 0 Å². The second kappa shape index (κ2) is 18.4. The predicted octanol–water partition coefficient (Wildman–Crippen LogP) is 3.36. The van der Waals surface area contributed by atoms with Crippen LogP contribution in [-0.4, -0.2) is 159 Å². The molecule has 1 saturated carbocycles. The lowest BCUT2D eigenvalue weighted by molar-refractivity contribution is -0.136. The van der Waals surface area contributed by atoms with Crippen molar-refractivity contribution in [2.45, 2.75) is 88.1 Å². The summed E-state index contributed by atoms with van der Waals surface area (Å²) in [5.74, 6) is -1.54. The Morgan fingerprint density at radius 1 is 1.02 bits per heavy atom. The van der Waals surface area contributed by atoms with Gasteiger partial charge < -0.3 is 29.9 Å². The Hall–Kier alpha value is -5.90. The van der Waals surface area contributed by atoms with Gasteiger partial charge in [0.15, 0.2) is 11.3 Å². The molecule has 21 heteroatoms. The van der Waals surface area contributed by atoms with Crippen LogP contribution in [0.3, 0.4) is 0 Å². The molecule has 4 aromatic rings. The largest absolute Gasteiger partial charge is 0.384 e. The SMILES string of the molecule is CN(CCN1CCO[C@@H](CCNc2cccc3c2C(=O)N(C2CCC(=O)NC2=O)C3=O)C1)CC1CCC(n2cc(NC(=O)c3cnn4ccc(N5C[C@H]6C[C@@H]5CO6)nc34)c(C(F)F)n2)CC1. The second-order valence-corrected chi connectivity index (χ2v) is 18.4. The van der Waals surface area contributed by atoms with Crippen molar-refractivity contribution in [1.29, 1.82) is 0 Å². The minimum atomic E-state index is -2.87. The average Bonchev–Trinajstić information content (AvgIpc) is 4.16. The number of halogens is 2. The molecule has 1 unspecified atom stereocenters. The van der Waals surface area contributed by atoms with Crippen LogP contribution in [0.1, 0.15) is 101 Å². The van der Waals surface area contributed by atoms with Crippen LogP contribution in [0.15, 0.2) is 42.9 Å². The van der Waals surface area contributed by atoms with Gasteiger partial charge in [0.25, 0.3) is 24.1 Å². The van der Waals surface area contributed by atoms with E-state index in [-0.39, 0.29) is 59.5 Å².